The molecule has 0 radical (unpaired) electrons. The Labute approximate surface area is 137 Å². The van der Waals surface area contributed by atoms with E-state index in [2.05, 4.69) is 10.4 Å². The number of nitrogens with one attached hydrogen (secondary N) is 1. The van der Waals surface area contributed by atoms with Crippen LogP contribution in [0.5, 0.6) is 0 Å². The summed E-state index contributed by atoms with van der Waals surface area (Å²) >= 11 is 0. The third-order valence-corrected chi connectivity index (χ3v) is 2.98. The highest BCUT2D eigenvalue weighted by Crippen LogP contribution is 2.18. The number of carbonyl (C=O) groups is 2. The maximum Gasteiger partial charge on any atom is 0.361 e. The number of para-hydroxylation sites is 1. The zero-order chi connectivity index (χ0) is 17.7. The molecule has 0 saturated heterocycles. The average molecular weight is 326 g/mol. The number of nitrogens with zero attached hydrogens (tertiary/aromatic N) is 3. The third-order valence-electron chi connectivity index (χ3n) is 2.98. The van der Waals surface area contributed by atoms with Gasteiger partial charge >= 0.3 is 5.97 Å². The second-order valence-electron chi connectivity index (χ2n) is 4.66. The highest BCUT2D eigenvalue weighted by atomic mass is 16.5. The molecule has 1 heterocycles. The molecule has 0 atom stereocenters. The molecule has 8 nitrogen and oxygen atoms in total. The number of aromatic nitrogens is 2. The van der Waals surface area contributed by atoms with Gasteiger partial charge in [-0.3, -0.25) is 9.59 Å². The van der Waals surface area contributed by atoms with E-state index in [0.717, 1.165) is 4.68 Å². The first-order chi connectivity index (χ1) is 11.5. The van der Waals surface area contributed by atoms with Gasteiger partial charge in [0.15, 0.2) is 5.69 Å². The summed E-state index contributed by atoms with van der Waals surface area (Å²) in [4.78, 5) is 36.0. The minimum absolute atomic E-state index is 0.0758. The van der Waals surface area contributed by atoms with Gasteiger partial charge < -0.3 is 10.1 Å². The van der Waals surface area contributed by atoms with Crippen LogP contribution in [0.3, 0.4) is 0 Å². The lowest BCUT2D eigenvalue weighted by molar-refractivity contribution is -0.114. The molecule has 0 aliphatic rings. The van der Waals surface area contributed by atoms with E-state index in [1.54, 1.807) is 43.3 Å². The highest BCUT2D eigenvalue weighted by Gasteiger charge is 2.24. The number of anilines is 1. The number of nitriles is 1. The van der Waals surface area contributed by atoms with Crippen molar-refractivity contribution in [2.75, 3.05) is 11.9 Å². The number of hydrogen-bond acceptors (Lipinski definition) is 6. The number of ether oxygens (including phenoxy) is 1. The van der Waals surface area contributed by atoms with Gasteiger partial charge in [0.1, 0.15) is 11.6 Å². The molecule has 1 aromatic carbocycles. The van der Waals surface area contributed by atoms with Crippen LogP contribution in [0.25, 0.3) is 5.69 Å². The average Bonchev–Trinajstić information content (AvgIpc) is 2.56. The van der Waals surface area contributed by atoms with Gasteiger partial charge in [-0.25, -0.2) is 4.79 Å². The smallest absolute Gasteiger partial charge is 0.361 e. The van der Waals surface area contributed by atoms with E-state index < -0.39 is 23.0 Å². The first-order valence-corrected chi connectivity index (χ1v) is 7.07. The van der Waals surface area contributed by atoms with Crippen LogP contribution in [0.1, 0.15) is 29.9 Å². The summed E-state index contributed by atoms with van der Waals surface area (Å²) in [7, 11) is 0. The van der Waals surface area contributed by atoms with Crippen LogP contribution in [0.4, 0.5) is 5.69 Å². The van der Waals surface area contributed by atoms with Crippen LogP contribution in [0.2, 0.25) is 0 Å². The second-order valence-corrected chi connectivity index (χ2v) is 4.66. The van der Waals surface area contributed by atoms with E-state index in [1.165, 1.54) is 6.92 Å². The minimum Gasteiger partial charge on any atom is -0.461 e. The topological polar surface area (TPSA) is 114 Å². The number of carbonyl (C=O) groups excluding carboxylic acids is 2. The van der Waals surface area contributed by atoms with Crippen LogP contribution < -0.4 is 10.9 Å². The lowest BCUT2D eigenvalue weighted by Gasteiger charge is -2.13. The Kier molecular flexibility index (Phi) is 5.06. The van der Waals surface area contributed by atoms with Crippen molar-refractivity contribution in [3.63, 3.8) is 0 Å². The van der Waals surface area contributed by atoms with E-state index in [1.807, 2.05) is 0 Å². The maximum absolute atomic E-state index is 12.5. The summed E-state index contributed by atoms with van der Waals surface area (Å²) < 4.78 is 5.83. The molecule has 0 aliphatic carbocycles. The van der Waals surface area contributed by atoms with Gasteiger partial charge in [-0.15, -0.1) is 0 Å². The Morgan fingerprint density at radius 1 is 1.33 bits per heavy atom. The van der Waals surface area contributed by atoms with E-state index in [0.29, 0.717) is 5.69 Å². The summed E-state index contributed by atoms with van der Waals surface area (Å²) in [5.41, 5.74) is -1.33. The van der Waals surface area contributed by atoms with Crippen molar-refractivity contribution in [3.8, 4) is 11.8 Å². The van der Waals surface area contributed by atoms with Gasteiger partial charge in [0, 0.05) is 6.92 Å². The van der Waals surface area contributed by atoms with E-state index in [-0.39, 0.29) is 18.0 Å². The van der Waals surface area contributed by atoms with Gasteiger partial charge in [0.05, 0.1) is 18.0 Å². The molecule has 0 spiro atoms. The Morgan fingerprint density at radius 3 is 2.54 bits per heavy atom. The normalized spacial score (nSPS) is 9.88. The van der Waals surface area contributed by atoms with E-state index >= 15 is 0 Å². The highest BCUT2D eigenvalue weighted by molar-refractivity contribution is 6.00. The van der Waals surface area contributed by atoms with Crippen molar-refractivity contribution in [2.24, 2.45) is 0 Å². The predicted octanol–water partition coefficient (Wildman–Crippen LogP) is 1.24. The Bertz CT molecular complexity index is 881. The van der Waals surface area contributed by atoms with Crippen molar-refractivity contribution in [1.82, 2.24) is 9.78 Å². The summed E-state index contributed by atoms with van der Waals surface area (Å²) in [6, 6.07) is 10.0. The zero-order valence-electron chi connectivity index (χ0n) is 13.1. The molecule has 0 bridgehead atoms. The molecule has 122 valence electrons. The monoisotopic (exact) mass is 326 g/mol. The van der Waals surface area contributed by atoms with Gasteiger partial charge in [0.25, 0.3) is 5.56 Å². The van der Waals surface area contributed by atoms with Crippen LogP contribution in [-0.4, -0.2) is 28.3 Å². The molecule has 0 unspecified atom stereocenters. The molecular weight excluding hydrogens is 312 g/mol. The summed E-state index contributed by atoms with van der Waals surface area (Å²) in [5, 5.41) is 15.6. The Balaban J connectivity index is 2.79. The SMILES string of the molecule is CCOC(=O)c1nn(-c2ccccc2)c(=O)c(C#N)c1NC(C)=O. The largest absolute Gasteiger partial charge is 0.461 e. The number of esters is 1. The lowest BCUT2D eigenvalue weighted by atomic mass is 10.2. The minimum atomic E-state index is -0.845. The Hall–Kier alpha value is -3.47. The fourth-order valence-corrected chi connectivity index (χ4v) is 2.01. The molecule has 0 fully saturated rings. The van der Waals surface area contributed by atoms with Gasteiger partial charge in [-0.2, -0.15) is 15.0 Å². The molecule has 0 aliphatic heterocycles. The Morgan fingerprint density at radius 2 is 2.00 bits per heavy atom. The fraction of sp³-hybridized carbons (Fsp3) is 0.188. The molecule has 2 aromatic rings. The van der Waals surface area contributed by atoms with E-state index in [9.17, 15) is 19.6 Å². The lowest BCUT2D eigenvalue weighted by Crippen LogP contribution is -2.30. The fourth-order valence-electron chi connectivity index (χ4n) is 2.01. The molecule has 1 N–H and O–H groups in total. The standard InChI is InChI=1S/C16H14N4O4/c1-3-24-16(23)14-13(18-10(2)21)12(9-17)15(22)20(19-14)11-7-5-4-6-8-11/h4-8H,3H2,1-2H3,(H,18,21). The molecule has 1 amide bonds. The van der Waals surface area contributed by atoms with Gasteiger partial charge in [-0.05, 0) is 19.1 Å². The number of benzene rings is 1. The summed E-state index contributed by atoms with van der Waals surface area (Å²) in [6.45, 7) is 2.87. The number of amides is 1. The van der Waals surface area contributed by atoms with Crippen molar-refractivity contribution in [2.45, 2.75) is 13.8 Å². The summed E-state index contributed by atoms with van der Waals surface area (Å²) in [6.07, 6.45) is 0. The van der Waals surface area contributed by atoms with Crippen LogP contribution in [0.15, 0.2) is 35.1 Å². The molecular formula is C16H14N4O4. The van der Waals surface area contributed by atoms with Crippen LogP contribution >= 0.6 is 0 Å². The first-order valence-electron chi connectivity index (χ1n) is 7.07. The quantitative estimate of drug-likeness (QED) is 0.845. The van der Waals surface area contributed by atoms with E-state index in [4.69, 9.17) is 4.74 Å². The van der Waals surface area contributed by atoms with Crippen molar-refractivity contribution < 1.29 is 14.3 Å². The molecule has 8 heteroatoms. The second kappa shape index (κ2) is 7.19. The van der Waals surface area contributed by atoms with Crippen LogP contribution in [0, 0.1) is 11.3 Å². The van der Waals surface area contributed by atoms with Crippen LogP contribution in [-0.2, 0) is 9.53 Å². The van der Waals surface area contributed by atoms with Gasteiger partial charge in [0.2, 0.25) is 5.91 Å². The third kappa shape index (κ3) is 3.30. The van der Waals surface area contributed by atoms with Crippen molar-refractivity contribution in [1.29, 1.82) is 5.26 Å². The molecule has 24 heavy (non-hydrogen) atoms. The molecule has 0 saturated carbocycles. The number of hydrogen-bond donors (Lipinski definition) is 1. The van der Waals surface area contributed by atoms with Crippen molar-refractivity contribution in [3.05, 3.63) is 51.9 Å². The van der Waals surface area contributed by atoms with Crippen molar-refractivity contribution >= 4 is 17.6 Å². The molecule has 1 aromatic heterocycles. The number of rotatable bonds is 4. The van der Waals surface area contributed by atoms with Gasteiger partial charge in [-0.1, -0.05) is 18.2 Å². The predicted molar refractivity (Wildman–Crippen MR) is 84.8 cm³/mol. The maximum atomic E-state index is 12.5. The summed E-state index contributed by atoms with van der Waals surface area (Å²) in [5.74, 6) is -1.39. The zero-order valence-corrected chi connectivity index (χ0v) is 13.1. The first kappa shape index (κ1) is 16.9. The molecule has 2 rings (SSSR count).